The van der Waals surface area contributed by atoms with E-state index in [1.807, 2.05) is 19.1 Å². The Balaban J connectivity index is 3.18. The van der Waals surface area contributed by atoms with E-state index in [0.717, 1.165) is 16.7 Å². The van der Waals surface area contributed by atoms with E-state index in [2.05, 4.69) is 59.5 Å². The van der Waals surface area contributed by atoms with Crippen LogP contribution in [0.25, 0.3) is 5.57 Å². The van der Waals surface area contributed by atoms with Crippen LogP contribution in [0.2, 0.25) is 18.1 Å². The molecule has 1 aromatic carbocycles. The molecule has 0 aliphatic heterocycles. The largest absolute Gasteiger partial charge is 0.417 e. The zero-order valence-corrected chi connectivity index (χ0v) is 20.3. The van der Waals surface area contributed by atoms with Crippen molar-refractivity contribution in [2.75, 3.05) is 20.8 Å². The molecule has 0 spiro atoms. The fourth-order valence-electron chi connectivity index (χ4n) is 2.92. The van der Waals surface area contributed by atoms with Crippen LogP contribution in [0, 0.1) is 5.92 Å². The Morgan fingerprint density at radius 2 is 1.82 bits per heavy atom. The SMILES string of the molecule is C=C(C)c1ccccc1[C@H](CC(=O)N(C)OC)[C@H](C)CO[Si](C)(C)C(C)(C)C. The van der Waals surface area contributed by atoms with Crippen LogP contribution in [-0.2, 0) is 14.1 Å². The van der Waals surface area contributed by atoms with Crippen molar-refractivity contribution in [1.29, 1.82) is 0 Å². The number of nitrogens with zero attached hydrogens (tertiary/aromatic N) is 1. The standard InChI is InChI=1S/C23H39NO3Si/c1-17(2)19-13-11-12-14-20(19)21(15-22(25)24(7)26-8)18(3)16-27-28(9,10)23(4,5)6/h11-14,18,21H,1,15-16H2,2-10H3/t18-,21-/m1/s1. The molecule has 0 aliphatic carbocycles. The molecule has 0 bridgehead atoms. The van der Waals surface area contributed by atoms with Gasteiger partial charge in [0.15, 0.2) is 8.32 Å². The Labute approximate surface area is 173 Å². The van der Waals surface area contributed by atoms with Gasteiger partial charge in [-0.15, -0.1) is 0 Å². The molecule has 0 N–H and O–H groups in total. The second-order valence-corrected chi connectivity index (χ2v) is 14.1. The van der Waals surface area contributed by atoms with Crippen molar-refractivity contribution in [1.82, 2.24) is 5.06 Å². The molecule has 1 aromatic rings. The van der Waals surface area contributed by atoms with Gasteiger partial charge in [0.2, 0.25) is 5.91 Å². The van der Waals surface area contributed by atoms with Gasteiger partial charge in [-0.25, -0.2) is 5.06 Å². The summed E-state index contributed by atoms with van der Waals surface area (Å²) in [5, 5.41) is 1.46. The number of carbonyl (C=O) groups is 1. The highest BCUT2D eigenvalue weighted by molar-refractivity contribution is 6.74. The van der Waals surface area contributed by atoms with Crippen LogP contribution in [0.1, 0.15) is 58.1 Å². The minimum Gasteiger partial charge on any atom is -0.417 e. The lowest BCUT2D eigenvalue weighted by atomic mass is 9.81. The number of rotatable bonds is 9. The van der Waals surface area contributed by atoms with Gasteiger partial charge in [-0.1, -0.05) is 64.1 Å². The van der Waals surface area contributed by atoms with Gasteiger partial charge in [0.25, 0.3) is 0 Å². The normalized spacial score (nSPS) is 14.5. The average molecular weight is 406 g/mol. The maximum Gasteiger partial charge on any atom is 0.246 e. The predicted molar refractivity (Wildman–Crippen MR) is 121 cm³/mol. The molecule has 0 fully saturated rings. The zero-order valence-electron chi connectivity index (χ0n) is 19.3. The van der Waals surface area contributed by atoms with Crippen LogP contribution >= 0.6 is 0 Å². The first-order chi connectivity index (χ1) is 12.8. The van der Waals surface area contributed by atoms with Gasteiger partial charge in [0.05, 0.1) is 7.11 Å². The van der Waals surface area contributed by atoms with Crippen molar-refractivity contribution in [3.05, 3.63) is 42.0 Å². The van der Waals surface area contributed by atoms with Gasteiger partial charge in [-0.2, -0.15) is 0 Å². The van der Waals surface area contributed by atoms with Crippen molar-refractivity contribution >= 4 is 19.8 Å². The van der Waals surface area contributed by atoms with Gasteiger partial charge in [0, 0.05) is 20.1 Å². The average Bonchev–Trinajstić information content (AvgIpc) is 2.62. The molecule has 1 amide bonds. The number of hydrogen-bond donors (Lipinski definition) is 0. The molecule has 5 heteroatoms. The number of hydroxylamine groups is 2. The molecule has 0 aliphatic rings. The summed E-state index contributed by atoms with van der Waals surface area (Å²) in [5.41, 5.74) is 3.27. The Bertz CT molecular complexity index is 679. The summed E-state index contributed by atoms with van der Waals surface area (Å²) in [6.45, 7) is 20.2. The van der Waals surface area contributed by atoms with E-state index >= 15 is 0 Å². The second-order valence-electron chi connectivity index (χ2n) is 9.30. The quantitative estimate of drug-likeness (QED) is 0.381. The molecule has 4 nitrogen and oxygen atoms in total. The Morgan fingerprint density at radius 3 is 2.32 bits per heavy atom. The molecule has 0 saturated carbocycles. The number of carbonyl (C=O) groups excluding carboxylic acids is 1. The molecule has 28 heavy (non-hydrogen) atoms. The van der Waals surface area contributed by atoms with Gasteiger partial charge in [-0.05, 0) is 48.0 Å². The van der Waals surface area contributed by atoms with E-state index in [9.17, 15) is 4.79 Å². The Hall–Kier alpha value is -1.43. The van der Waals surface area contributed by atoms with Gasteiger partial charge in [0.1, 0.15) is 0 Å². The molecule has 0 unspecified atom stereocenters. The van der Waals surface area contributed by atoms with Crippen molar-refractivity contribution < 1.29 is 14.1 Å². The summed E-state index contributed by atoms with van der Waals surface area (Å²) in [6, 6.07) is 8.24. The summed E-state index contributed by atoms with van der Waals surface area (Å²) in [6.07, 6.45) is 0.372. The van der Waals surface area contributed by atoms with Gasteiger partial charge < -0.3 is 4.43 Å². The van der Waals surface area contributed by atoms with Crippen molar-refractivity contribution in [2.24, 2.45) is 5.92 Å². The molecular formula is C23H39NO3Si. The molecule has 0 heterocycles. The summed E-state index contributed by atoms with van der Waals surface area (Å²) < 4.78 is 6.49. The highest BCUT2D eigenvalue weighted by Crippen LogP contribution is 2.39. The molecule has 1 rings (SSSR count). The summed E-state index contributed by atoms with van der Waals surface area (Å²) in [5.74, 6) is 0.176. The fourth-order valence-corrected chi connectivity index (χ4v) is 4.03. The van der Waals surface area contributed by atoms with E-state index in [-0.39, 0.29) is 22.8 Å². The molecule has 2 atom stereocenters. The molecule has 158 valence electrons. The van der Waals surface area contributed by atoms with E-state index in [0.29, 0.717) is 13.0 Å². The maximum atomic E-state index is 12.7. The van der Waals surface area contributed by atoms with Gasteiger partial charge >= 0.3 is 0 Å². The minimum atomic E-state index is -1.86. The number of amides is 1. The van der Waals surface area contributed by atoms with Crippen LogP contribution in [0.3, 0.4) is 0 Å². The third-order valence-corrected chi connectivity index (χ3v) is 10.5. The first kappa shape index (κ1) is 24.6. The number of hydrogen-bond acceptors (Lipinski definition) is 3. The van der Waals surface area contributed by atoms with E-state index in [1.165, 1.54) is 12.2 Å². The van der Waals surface area contributed by atoms with Gasteiger partial charge in [-0.3, -0.25) is 9.63 Å². The predicted octanol–water partition coefficient (Wildman–Crippen LogP) is 5.87. The first-order valence-electron chi connectivity index (χ1n) is 10.0. The maximum absolute atomic E-state index is 12.7. The molecule has 0 saturated heterocycles. The van der Waals surface area contributed by atoms with Crippen molar-refractivity contribution in [3.63, 3.8) is 0 Å². The Morgan fingerprint density at radius 1 is 1.25 bits per heavy atom. The van der Waals surface area contributed by atoms with Crippen LogP contribution in [0.4, 0.5) is 0 Å². The first-order valence-corrected chi connectivity index (χ1v) is 12.9. The van der Waals surface area contributed by atoms with Crippen LogP contribution < -0.4 is 0 Å². The summed E-state index contributed by atoms with van der Waals surface area (Å²) in [4.78, 5) is 17.8. The molecule has 0 aromatic heterocycles. The monoisotopic (exact) mass is 405 g/mol. The molecule has 0 radical (unpaired) electrons. The van der Waals surface area contributed by atoms with Crippen LogP contribution in [0.15, 0.2) is 30.8 Å². The highest BCUT2D eigenvalue weighted by Gasteiger charge is 2.38. The lowest BCUT2D eigenvalue weighted by molar-refractivity contribution is -0.169. The van der Waals surface area contributed by atoms with Crippen molar-refractivity contribution in [2.45, 2.75) is 65.1 Å². The van der Waals surface area contributed by atoms with E-state index < -0.39 is 8.32 Å². The number of allylic oxidation sites excluding steroid dienone is 1. The lowest BCUT2D eigenvalue weighted by Gasteiger charge is -2.38. The lowest BCUT2D eigenvalue weighted by Crippen LogP contribution is -2.42. The smallest absolute Gasteiger partial charge is 0.246 e. The van der Waals surface area contributed by atoms with E-state index in [4.69, 9.17) is 9.26 Å². The number of benzene rings is 1. The Kier molecular flexibility index (Phi) is 8.66. The second kappa shape index (κ2) is 9.86. The molecular weight excluding hydrogens is 366 g/mol. The van der Waals surface area contributed by atoms with E-state index in [1.54, 1.807) is 7.05 Å². The fraction of sp³-hybridized carbons (Fsp3) is 0.609. The highest BCUT2D eigenvalue weighted by atomic mass is 28.4. The third-order valence-electron chi connectivity index (χ3n) is 6.04. The van der Waals surface area contributed by atoms with Crippen LogP contribution in [-0.4, -0.2) is 40.1 Å². The van der Waals surface area contributed by atoms with Crippen molar-refractivity contribution in [3.8, 4) is 0 Å². The van der Waals surface area contributed by atoms with Crippen LogP contribution in [0.5, 0.6) is 0 Å². The summed E-state index contributed by atoms with van der Waals surface area (Å²) in [7, 11) is 1.31. The third kappa shape index (κ3) is 6.29. The summed E-state index contributed by atoms with van der Waals surface area (Å²) >= 11 is 0. The topological polar surface area (TPSA) is 38.8 Å². The zero-order chi connectivity index (χ0) is 21.7. The minimum absolute atomic E-state index is 0.0303.